The van der Waals surface area contributed by atoms with Crippen LogP contribution in [0.25, 0.3) is 22.9 Å². The van der Waals surface area contributed by atoms with E-state index >= 15 is 0 Å². The van der Waals surface area contributed by atoms with Gasteiger partial charge in [0.15, 0.2) is 11.3 Å². The van der Waals surface area contributed by atoms with Gasteiger partial charge in [-0.3, -0.25) is 0 Å². The number of aliphatic hydroxyl groups is 1. The lowest BCUT2D eigenvalue weighted by Crippen LogP contribution is -2.06. The molecule has 0 atom stereocenters. The van der Waals surface area contributed by atoms with Crippen molar-refractivity contribution in [3.05, 3.63) is 74.2 Å². The van der Waals surface area contributed by atoms with Crippen LogP contribution < -0.4 is 5.63 Å². The highest BCUT2D eigenvalue weighted by atomic mass is 79.9. The van der Waals surface area contributed by atoms with Crippen molar-refractivity contribution in [3.63, 3.8) is 0 Å². The number of benzene rings is 2. The molecule has 3 aromatic rings. The predicted octanol–water partition coefficient (Wildman–Crippen LogP) is 4.32. The first kappa shape index (κ1) is 14.5. The van der Waals surface area contributed by atoms with Gasteiger partial charge >= 0.3 is 5.63 Å². The van der Waals surface area contributed by atoms with Gasteiger partial charge in [0.05, 0.1) is 0 Å². The van der Waals surface area contributed by atoms with Crippen molar-refractivity contribution >= 4 is 38.9 Å². The van der Waals surface area contributed by atoms with Gasteiger partial charge in [-0.2, -0.15) is 0 Å². The van der Waals surface area contributed by atoms with Crippen molar-refractivity contribution in [2.75, 3.05) is 0 Å². The second kappa shape index (κ2) is 5.77. The van der Waals surface area contributed by atoms with Crippen molar-refractivity contribution in [1.82, 2.24) is 4.98 Å². The van der Waals surface area contributed by atoms with Crippen LogP contribution in [0, 0.1) is 6.92 Å². The lowest BCUT2D eigenvalue weighted by Gasteiger charge is -2.02. The summed E-state index contributed by atoms with van der Waals surface area (Å²) in [6, 6.07) is 12.5. The first-order valence-electron chi connectivity index (χ1n) is 6.61. The van der Waals surface area contributed by atoms with Crippen LogP contribution in [-0.2, 0) is 0 Å². The van der Waals surface area contributed by atoms with Crippen molar-refractivity contribution < 1.29 is 9.52 Å². The van der Waals surface area contributed by atoms with Gasteiger partial charge in [-0.15, -0.1) is 0 Å². The molecule has 22 heavy (non-hydrogen) atoms. The summed E-state index contributed by atoms with van der Waals surface area (Å²) in [4.78, 5) is 16.2. The number of fused-ring (bicyclic) bond motifs is 1. The Kier molecular flexibility index (Phi) is 3.81. The minimum atomic E-state index is -0.585. The van der Waals surface area contributed by atoms with Gasteiger partial charge in [0.25, 0.3) is 0 Å². The molecule has 5 heteroatoms. The molecule has 0 unspecified atom stereocenters. The van der Waals surface area contributed by atoms with E-state index < -0.39 is 5.63 Å². The Hall–Kier alpha value is -2.40. The molecule has 1 aromatic heterocycles. The van der Waals surface area contributed by atoms with Crippen LogP contribution in [-0.4, -0.2) is 10.1 Å². The number of hydrogen-bond acceptors (Lipinski definition) is 4. The third-order valence-corrected chi connectivity index (χ3v) is 3.65. The molecule has 3 rings (SSSR count). The molecule has 0 radical (unpaired) electrons. The molecule has 0 aliphatic carbocycles. The first-order chi connectivity index (χ1) is 10.5. The lowest BCUT2D eigenvalue weighted by molar-refractivity contribution is 0.514. The van der Waals surface area contributed by atoms with Crippen LogP contribution in [0.1, 0.15) is 16.8 Å². The second-order valence-electron chi connectivity index (χ2n) is 4.90. The highest BCUT2D eigenvalue weighted by molar-refractivity contribution is 9.10. The Balaban J connectivity index is 2.11. The Morgan fingerprint density at radius 3 is 2.86 bits per heavy atom. The Morgan fingerprint density at radius 1 is 1.27 bits per heavy atom. The third-order valence-electron chi connectivity index (χ3n) is 3.16. The van der Waals surface area contributed by atoms with Crippen LogP contribution in [0.15, 0.2) is 56.1 Å². The van der Waals surface area contributed by atoms with Crippen LogP contribution in [0.5, 0.6) is 0 Å². The lowest BCUT2D eigenvalue weighted by atomic mass is 10.1. The number of aromatic nitrogens is 1. The summed E-state index contributed by atoms with van der Waals surface area (Å²) in [7, 11) is 0. The maximum Gasteiger partial charge on any atom is 0.362 e. The van der Waals surface area contributed by atoms with Gasteiger partial charge in [-0.1, -0.05) is 34.1 Å². The zero-order valence-corrected chi connectivity index (χ0v) is 13.3. The van der Waals surface area contributed by atoms with E-state index in [0.717, 1.165) is 10.0 Å². The molecule has 110 valence electrons. The van der Waals surface area contributed by atoms with Gasteiger partial charge in [0.1, 0.15) is 11.3 Å². The molecule has 1 heterocycles. The predicted molar refractivity (Wildman–Crippen MR) is 89.7 cm³/mol. The SMILES string of the molecule is Cc1ccc2oc(=O)c(/C=C(\O)c3cccc(Br)c3)nc2c1. The van der Waals surface area contributed by atoms with E-state index in [1.807, 2.05) is 25.1 Å². The first-order valence-corrected chi connectivity index (χ1v) is 7.40. The van der Waals surface area contributed by atoms with Crippen LogP contribution >= 0.6 is 15.9 Å². The minimum absolute atomic E-state index is 0.0481. The molecule has 0 amide bonds. The molecule has 0 bridgehead atoms. The number of aryl methyl sites for hydroxylation is 1. The zero-order chi connectivity index (χ0) is 15.7. The van der Waals surface area contributed by atoms with Gasteiger partial charge in [-0.05, 0) is 36.8 Å². The summed E-state index contributed by atoms with van der Waals surface area (Å²) < 4.78 is 6.06. The largest absolute Gasteiger partial charge is 0.507 e. The van der Waals surface area contributed by atoms with Gasteiger partial charge < -0.3 is 9.52 Å². The normalized spacial score (nSPS) is 11.8. The minimum Gasteiger partial charge on any atom is -0.507 e. The highest BCUT2D eigenvalue weighted by Gasteiger charge is 2.08. The average molecular weight is 358 g/mol. The van der Waals surface area contributed by atoms with Crippen LogP contribution in [0.3, 0.4) is 0 Å². The van der Waals surface area contributed by atoms with E-state index in [0.29, 0.717) is 16.7 Å². The fraction of sp³-hybridized carbons (Fsp3) is 0.0588. The molecule has 0 aliphatic rings. The highest BCUT2D eigenvalue weighted by Crippen LogP contribution is 2.19. The average Bonchev–Trinajstić information content (AvgIpc) is 2.48. The monoisotopic (exact) mass is 357 g/mol. The van der Waals surface area contributed by atoms with Crippen molar-refractivity contribution in [1.29, 1.82) is 0 Å². The van der Waals surface area contributed by atoms with Gasteiger partial charge in [-0.25, -0.2) is 9.78 Å². The molecule has 0 spiro atoms. The quantitative estimate of drug-likeness (QED) is 0.694. The third kappa shape index (κ3) is 2.94. The van der Waals surface area contributed by atoms with Crippen LogP contribution in [0.2, 0.25) is 0 Å². The summed E-state index contributed by atoms with van der Waals surface area (Å²) in [5.74, 6) is -0.0481. The molecule has 4 nitrogen and oxygen atoms in total. The molecular formula is C17H12BrNO3. The van der Waals surface area contributed by atoms with E-state index in [1.165, 1.54) is 6.08 Å². The van der Waals surface area contributed by atoms with Crippen molar-refractivity contribution in [2.24, 2.45) is 0 Å². The van der Waals surface area contributed by atoms with Gasteiger partial charge in [0.2, 0.25) is 0 Å². The molecule has 0 fully saturated rings. The second-order valence-corrected chi connectivity index (χ2v) is 5.81. The van der Waals surface area contributed by atoms with E-state index in [1.54, 1.807) is 24.3 Å². The molecule has 0 saturated heterocycles. The van der Waals surface area contributed by atoms with E-state index in [9.17, 15) is 9.90 Å². The number of rotatable bonds is 2. The Bertz CT molecular complexity index is 944. The summed E-state index contributed by atoms with van der Waals surface area (Å²) in [6.45, 7) is 1.93. The van der Waals surface area contributed by atoms with E-state index in [2.05, 4.69) is 20.9 Å². The van der Waals surface area contributed by atoms with Crippen LogP contribution in [0.4, 0.5) is 0 Å². The summed E-state index contributed by atoms with van der Waals surface area (Å²) >= 11 is 3.34. The topological polar surface area (TPSA) is 63.3 Å². The Morgan fingerprint density at radius 2 is 2.09 bits per heavy atom. The standard InChI is InChI=1S/C17H12BrNO3/c1-10-5-6-16-13(7-10)19-14(17(21)22-16)9-15(20)11-3-2-4-12(18)8-11/h2-9,20H,1H3/b15-9-. The number of halogens is 1. The zero-order valence-electron chi connectivity index (χ0n) is 11.7. The Labute approximate surface area is 134 Å². The van der Waals surface area contributed by atoms with Crippen molar-refractivity contribution in [2.45, 2.75) is 6.92 Å². The maximum atomic E-state index is 12.0. The molecule has 2 aromatic carbocycles. The fourth-order valence-electron chi connectivity index (χ4n) is 2.08. The molecule has 1 N–H and O–H groups in total. The summed E-state index contributed by atoms with van der Waals surface area (Å²) in [5, 5.41) is 10.2. The molecular weight excluding hydrogens is 346 g/mol. The number of hydrogen-bond donors (Lipinski definition) is 1. The van der Waals surface area contributed by atoms with E-state index in [-0.39, 0.29) is 11.5 Å². The molecule has 0 saturated carbocycles. The molecule has 0 aliphatic heterocycles. The summed E-state index contributed by atoms with van der Waals surface area (Å²) in [6.07, 6.45) is 1.31. The number of nitrogens with zero attached hydrogens (tertiary/aromatic N) is 1. The fourth-order valence-corrected chi connectivity index (χ4v) is 2.48. The smallest absolute Gasteiger partial charge is 0.362 e. The maximum absolute atomic E-state index is 12.0. The van der Waals surface area contributed by atoms with Crippen molar-refractivity contribution in [3.8, 4) is 0 Å². The summed E-state index contributed by atoms with van der Waals surface area (Å²) in [5.41, 5.74) is 2.08. The van der Waals surface area contributed by atoms with Gasteiger partial charge in [0, 0.05) is 16.1 Å². The van der Waals surface area contributed by atoms with E-state index in [4.69, 9.17) is 4.42 Å². The number of aliphatic hydroxyl groups excluding tert-OH is 1.